The van der Waals surface area contributed by atoms with E-state index in [4.69, 9.17) is 19.9 Å². The van der Waals surface area contributed by atoms with E-state index in [-0.39, 0.29) is 30.7 Å². The SMILES string of the molecule is COC[C@H](C)Oc1c(F)cc(N)cc1CN(C)C(=O)OCc1ccccc1. The summed E-state index contributed by atoms with van der Waals surface area (Å²) in [6.07, 6.45) is -0.889. The van der Waals surface area contributed by atoms with Crippen LogP contribution in [0.2, 0.25) is 0 Å². The summed E-state index contributed by atoms with van der Waals surface area (Å²) in [6, 6.07) is 12.1. The van der Waals surface area contributed by atoms with Gasteiger partial charge in [0, 0.05) is 31.5 Å². The molecule has 0 spiro atoms. The lowest BCUT2D eigenvalue weighted by Crippen LogP contribution is -2.28. The molecule has 1 amide bonds. The van der Waals surface area contributed by atoms with Crippen LogP contribution in [0.1, 0.15) is 18.1 Å². The van der Waals surface area contributed by atoms with E-state index in [0.717, 1.165) is 5.56 Å². The van der Waals surface area contributed by atoms with Crippen LogP contribution >= 0.6 is 0 Å². The Balaban J connectivity index is 2.06. The van der Waals surface area contributed by atoms with E-state index >= 15 is 0 Å². The van der Waals surface area contributed by atoms with Crippen molar-refractivity contribution in [1.82, 2.24) is 4.90 Å². The number of anilines is 1. The molecule has 2 aromatic carbocycles. The molecule has 6 nitrogen and oxygen atoms in total. The summed E-state index contributed by atoms with van der Waals surface area (Å²) < 4.78 is 30.3. The first-order valence-electron chi connectivity index (χ1n) is 8.56. The molecule has 2 N–H and O–H groups in total. The van der Waals surface area contributed by atoms with Crippen LogP contribution < -0.4 is 10.5 Å². The van der Waals surface area contributed by atoms with Gasteiger partial charge in [-0.2, -0.15) is 0 Å². The van der Waals surface area contributed by atoms with Crippen LogP contribution in [0.3, 0.4) is 0 Å². The van der Waals surface area contributed by atoms with Gasteiger partial charge in [-0.1, -0.05) is 30.3 Å². The van der Waals surface area contributed by atoms with E-state index in [9.17, 15) is 9.18 Å². The summed E-state index contributed by atoms with van der Waals surface area (Å²) in [5.74, 6) is -0.532. The fraction of sp³-hybridized carbons (Fsp3) is 0.350. The second-order valence-electron chi connectivity index (χ2n) is 6.27. The Morgan fingerprint density at radius 1 is 1.26 bits per heavy atom. The van der Waals surface area contributed by atoms with Gasteiger partial charge < -0.3 is 24.8 Å². The van der Waals surface area contributed by atoms with Crippen LogP contribution in [-0.2, 0) is 22.6 Å². The molecule has 0 unspecified atom stereocenters. The Bertz CT molecular complexity index is 755. The molecule has 2 aromatic rings. The van der Waals surface area contributed by atoms with Crippen molar-refractivity contribution in [3.63, 3.8) is 0 Å². The number of hydrogen-bond acceptors (Lipinski definition) is 5. The van der Waals surface area contributed by atoms with Crippen molar-refractivity contribution in [2.45, 2.75) is 26.2 Å². The Kier molecular flexibility index (Phi) is 7.43. The van der Waals surface area contributed by atoms with Crippen LogP contribution in [0.5, 0.6) is 5.75 Å². The summed E-state index contributed by atoms with van der Waals surface area (Å²) in [5.41, 5.74) is 7.33. The Morgan fingerprint density at radius 3 is 2.63 bits per heavy atom. The van der Waals surface area contributed by atoms with Crippen molar-refractivity contribution in [2.24, 2.45) is 0 Å². The third kappa shape index (κ3) is 6.14. The highest BCUT2D eigenvalue weighted by Gasteiger charge is 2.19. The van der Waals surface area contributed by atoms with E-state index in [1.165, 1.54) is 18.1 Å². The van der Waals surface area contributed by atoms with Gasteiger partial charge in [0.1, 0.15) is 12.7 Å². The monoisotopic (exact) mass is 376 g/mol. The molecule has 7 heteroatoms. The molecular weight excluding hydrogens is 351 g/mol. The first-order chi connectivity index (χ1) is 12.9. The van der Waals surface area contributed by atoms with Crippen LogP contribution in [0.4, 0.5) is 14.9 Å². The van der Waals surface area contributed by atoms with Gasteiger partial charge in [0.15, 0.2) is 11.6 Å². The van der Waals surface area contributed by atoms with Gasteiger partial charge in [0.25, 0.3) is 0 Å². The number of benzene rings is 2. The second kappa shape index (κ2) is 9.78. The molecule has 146 valence electrons. The zero-order valence-electron chi connectivity index (χ0n) is 15.8. The average molecular weight is 376 g/mol. The minimum Gasteiger partial charge on any atom is -0.485 e. The largest absolute Gasteiger partial charge is 0.485 e. The zero-order valence-corrected chi connectivity index (χ0v) is 15.8. The molecule has 2 rings (SSSR count). The van der Waals surface area contributed by atoms with E-state index in [1.54, 1.807) is 20.0 Å². The molecule has 0 saturated heterocycles. The number of rotatable bonds is 8. The molecule has 1 atom stereocenters. The summed E-state index contributed by atoms with van der Waals surface area (Å²) in [4.78, 5) is 13.6. The Morgan fingerprint density at radius 2 is 1.96 bits per heavy atom. The minimum atomic E-state index is -0.584. The lowest BCUT2D eigenvalue weighted by molar-refractivity contribution is 0.0863. The van der Waals surface area contributed by atoms with Gasteiger partial charge >= 0.3 is 6.09 Å². The quantitative estimate of drug-likeness (QED) is 0.713. The first-order valence-corrected chi connectivity index (χ1v) is 8.56. The average Bonchev–Trinajstić information content (AvgIpc) is 2.63. The maximum Gasteiger partial charge on any atom is 0.410 e. The number of nitrogen functional groups attached to an aromatic ring is 1. The van der Waals surface area contributed by atoms with E-state index < -0.39 is 11.9 Å². The topological polar surface area (TPSA) is 74.0 Å². The second-order valence-corrected chi connectivity index (χ2v) is 6.27. The summed E-state index contributed by atoms with van der Waals surface area (Å²) in [6.45, 7) is 2.31. The number of methoxy groups -OCH3 is 1. The number of nitrogens with two attached hydrogens (primary N) is 1. The fourth-order valence-electron chi connectivity index (χ4n) is 2.54. The van der Waals surface area contributed by atoms with Gasteiger partial charge in [-0.25, -0.2) is 9.18 Å². The van der Waals surface area contributed by atoms with Crippen LogP contribution in [-0.4, -0.2) is 37.9 Å². The predicted molar refractivity (Wildman–Crippen MR) is 101 cm³/mol. The van der Waals surface area contributed by atoms with Crippen molar-refractivity contribution in [3.8, 4) is 5.75 Å². The standard InChI is InChI=1S/C20H25FN2O4/c1-14(12-25-3)27-19-16(9-17(22)10-18(19)21)11-23(2)20(24)26-13-15-7-5-4-6-8-15/h4-10,14H,11-13,22H2,1-3H3/t14-/m0/s1. The van der Waals surface area contributed by atoms with Gasteiger partial charge in [0.05, 0.1) is 13.2 Å². The molecule has 0 fully saturated rings. The summed E-state index contributed by atoms with van der Waals surface area (Å²) >= 11 is 0. The Hall–Kier alpha value is -2.80. The molecule has 0 heterocycles. The van der Waals surface area contributed by atoms with E-state index in [0.29, 0.717) is 12.2 Å². The van der Waals surface area contributed by atoms with Gasteiger partial charge in [-0.15, -0.1) is 0 Å². The van der Waals surface area contributed by atoms with Crippen molar-refractivity contribution < 1.29 is 23.4 Å². The predicted octanol–water partition coefficient (Wildman–Crippen LogP) is 3.59. The zero-order chi connectivity index (χ0) is 19.8. The highest BCUT2D eigenvalue weighted by molar-refractivity contribution is 5.67. The number of hydrogen-bond donors (Lipinski definition) is 1. The lowest BCUT2D eigenvalue weighted by Gasteiger charge is -2.22. The summed E-state index contributed by atoms with van der Waals surface area (Å²) in [5, 5.41) is 0. The van der Waals surface area contributed by atoms with Gasteiger partial charge in [-0.3, -0.25) is 0 Å². The minimum absolute atomic E-state index is 0.0523. The normalized spacial score (nSPS) is 11.7. The number of carbonyl (C=O) groups is 1. The van der Waals surface area contributed by atoms with E-state index in [1.807, 2.05) is 30.3 Å². The van der Waals surface area contributed by atoms with Crippen LogP contribution in [0.25, 0.3) is 0 Å². The number of carbonyl (C=O) groups excluding carboxylic acids is 1. The fourth-order valence-corrected chi connectivity index (χ4v) is 2.54. The van der Waals surface area contributed by atoms with Crippen molar-refractivity contribution in [1.29, 1.82) is 0 Å². The van der Waals surface area contributed by atoms with Crippen molar-refractivity contribution in [3.05, 3.63) is 59.4 Å². The highest BCUT2D eigenvalue weighted by atomic mass is 19.1. The number of nitrogens with zero attached hydrogens (tertiary/aromatic N) is 1. The van der Waals surface area contributed by atoms with E-state index in [2.05, 4.69) is 0 Å². The molecule has 0 radical (unpaired) electrons. The molecule has 0 aromatic heterocycles. The lowest BCUT2D eigenvalue weighted by atomic mass is 10.1. The summed E-state index contributed by atoms with van der Waals surface area (Å²) in [7, 11) is 3.10. The number of amides is 1. The van der Waals surface area contributed by atoms with Crippen molar-refractivity contribution in [2.75, 3.05) is 26.5 Å². The molecular formula is C20H25FN2O4. The third-order valence-corrected chi connectivity index (χ3v) is 3.79. The van der Waals surface area contributed by atoms with Crippen molar-refractivity contribution >= 4 is 11.8 Å². The maximum atomic E-state index is 14.4. The number of ether oxygens (including phenoxy) is 3. The maximum absolute atomic E-state index is 14.4. The molecule has 0 aliphatic carbocycles. The van der Waals surface area contributed by atoms with Gasteiger partial charge in [0.2, 0.25) is 0 Å². The van der Waals surface area contributed by atoms with Gasteiger partial charge in [-0.05, 0) is 18.6 Å². The first kappa shape index (κ1) is 20.5. The molecule has 0 bridgehead atoms. The molecule has 0 saturated carbocycles. The van der Waals surface area contributed by atoms with Crippen LogP contribution in [0.15, 0.2) is 42.5 Å². The highest BCUT2D eigenvalue weighted by Crippen LogP contribution is 2.28. The third-order valence-electron chi connectivity index (χ3n) is 3.79. The number of halogens is 1. The van der Waals surface area contributed by atoms with Crippen LogP contribution in [0, 0.1) is 5.82 Å². The molecule has 0 aliphatic heterocycles. The Labute approximate surface area is 158 Å². The molecule has 0 aliphatic rings. The molecule has 27 heavy (non-hydrogen) atoms. The smallest absolute Gasteiger partial charge is 0.410 e.